The topological polar surface area (TPSA) is 59.9 Å². The van der Waals surface area contributed by atoms with Crippen LogP contribution in [-0.2, 0) is 0 Å². The maximum atomic E-state index is 12.1. The molecule has 0 saturated carbocycles. The number of fused-ring (bicyclic) bond motifs is 3. The highest BCUT2D eigenvalue weighted by Gasteiger charge is 2.23. The molecule has 3 aliphatic rings. The minimum absolute atomic E-state index is 0.152. The van der Waals surface area contributed by atoms with Gasteiger partial charge >= 0.3 is 0 Å². The molecule has 3 aliphatic carbocycles. The molecule has 0 N–H and O–H groups in total. The molecule has 0 aromatic carbocycles. The summed E-state index contributed by atoms with van der Waals surface area (Å²) in [5, 5.41) is 9.27. The highest BCUT2D eigenvalue weighted by atomic mass is 16.1. The standard InChI is InChI=1S/C14H6N2O2/c17-10-4-5-11(18)12-7-2-1-3-8(7)14-13(12)9(10)6-15-16-14/h1-6H. The first-order chi connectivity index (χ1) is 8.77. The Morgan fingerprint density at radius 2 is 1.83 bits per heavy atom. The molecule has 1 aromatic rings. The van der Waals surface area contributed by atoms with E-state index in [0.717, 1.165) is 10.8 Å². The molecule has 0 unspecified atom stereocenters. The number of hydrogen-bond acceptors (Lipinski definition) is 4. The zero-order valence-electron chi connectivity index (χ0n) is 9.18. The quantitative estimate of drug-likeness (QED) is 0.565. The van der Waals surface area contributed by atoms with Gasteiger partial charge in [-0.15, -0.1) is 5.10 Å². The number of allylic oxidation sites excluding steroid dienone is 1. The van der Waals surface area contributed by atoms with E-state index in [1.165, 1.54) is 18.3 Å². The average molecular weight is 234 g/mol. The molecule has 0 aliphatic heterocycles. The Morgan fingerprint density at radius 3 is 2.72 bits per heavy atom. The van der Waals surface area contributed by atoms with E-state index in [0.29, 0.717) is 22.0 Å². The van der Waals surface area contributed by atoms with E-state index in [-0.39, 0.29) is 10.9 Å². The van der Waals surface area contributed by atoms with E-state index in [4.69, 9.17) is 0 Å². The smallest absolute Gasteiger partial charge is 0.188 e. The molecule has 18 heavy (non-hydrogen) atoms. The minimum Gasteiger partial charge on any atom is -0.289 e. The summed E-state index contributed by atoms with van der Waals surface area (Å²) in [5.41, 5.74) is 2.33. The monoisotopic (exact) mass is 234 g/mol. The Bertz CT molecular complexity index is 960. The second-order valence-electron chi connectivity index (χ2n) is 4.27. The zero-order chi connectivity index (χ0) is 12.3. The maximum absolute atomic E-state index is 12.1. The number of rotatable bonds is 0. The molecule has 0 spiro atoms. The summed E-state index contributed by atoms with van der Waals surface area (Å²) in [6.45, 7) is 0. The third-order valence-electron chi connectivity index (χ3n) is 3.34. The molecule has 4 nitrogen and oxygen atoms in total. The molecule has 0 fully saturated rings. The zero-order valence-corrected chi connectivity index (χ0v) is 9.18. The maximum Gasteiger partial charge on any atom is 0.188 e. The van der Waals surface area contributed by atoms with Crippen molar-refractivity contribution in [1.29, 1.82) is 0 Å². The Hall–Kier alpha value is -2.62. The highest BCUT2D eigenvalue weighted by molar-refractivity contribution is 6.02. The lowest BCUT2D eigenvalue weighted by molar-refractivity contribution is 1.08. The molecule has 0 bridgehead atoms. The van der Waals surface area contributed by atoms with Gasteiger partial charge in [0.15, 0.2) is 10.9 Å². The van der Waals surface area contributed by atoms with Crippen LogP contribution in [0.4, 0.5) is 0 Å². The minimum atomic E-state index is -0.199. The van der Waals surface area contributed by atoms with Crippen LogP contribution in [0.15, 0.2) is 34.0 Å². The van der Waals surface area contributed by atoms with E-state index < -0.39 is 0 Å². The molecule has 1 heterocycles. The van der Waals surface area contributed by atoms with Crippen LogP contribution in [0.3, 0.4) is 0 Å². The van der Waals surface area contributed by atoms with Crippen LogP contribution in [0, 0.1) is 0 Å². The Kier molecular flexibility index (Phi) is 1.56. The van der Waals surface area contributed by atoms with Crippen LogP contribution < -0.4 is 16.1 Å². The predicted molar refractivity (Wildman–Crippen MR) is 68.6 cm³/mol. The highest BCUT2D eigenvalue weighted by Crippen LogP contribution is 2.30. The van der Waals surface area contributed by atoms with Crippen molar-refractivity contribution < 1.29 is 0 Å². The van der Waals surface area contributed by atoms with E-state index in [2.05, 4.69) is 10.2 Å². The van der Waals surface area contributed by atoms with Crippen molar-refractivity contribution in [2.75, 3.05) is 0 Å². The fourth-order valence-corrected chi connectivity index (χ4v) is 2.57. The largest absolute Gasteiger partial charge is 0.289 e. The number of aromatic nitrogens is 2. The number of nitrogens with zero attached hydrogens (tertiary/aromatic N) is 2. The van der Waals surface area contributed by atoms with Gasteiger partial charge in [0, 0.05) is 16.3 Å². The van der Waals surface area contributed by atoms with Crippen molar-refractivity contribution in [3.63, 3.8) is 0 Å². The van der Waals surface area contributed by atoms with Crippen molar-refractivity contribution >= 4 is 23.1 Å². The van der Waals surface area contributed by atoms with Crippen molar-refractivity contribution in [3.05, 3.63) is 55.6 Å². The first-order valence-electron chi connectivity index (χ1n) is 5.53. The number of hydrogen-bond donors (Lipinski definition) is 0. The van der Waals surface area contributed by atoms with Gasteiger partial charge in [-0.3, -0.25) is 9.59 Å². The van der Waals surface area contributed by atoms with Gasteiger partial charge in [-0.2, -0.15) is 5.10 Å². The van der Waals surface area contributed by atoms with Crippen molar-refractivity contribution in [2.45, 2.75) is 0 Å². The lowest BCUT2D eigenvalue weighted by Crippen LogP contribution is -2.03. The molecule has 84 valence electrons. The van der Waals surface area contributed by atoms with Crippen LogP contribution >= 0.6 is 0 Å². The summed E-state index contributed by atoms with van der Waals surface area (Å²) in [6, 6.07) is 2.62. The van der Waals surface area contributed by atoms with E-state index in [1.54, 1.807) is 0 Å². The predicted octanol–water partition coefficient (Wildman–Crippen LogP) is 0.419. The van der Waals surface area contributed by atoms with Crippen LogP contribution in [0.2, 0.25) is 0 Å². The second kappa shape index (κ2) is 2.98. The van der Waals surface area contributed by atoms with Crippen LogP contribution in [0.25, 0.3) is 34.2 Å². The molecule has 4 heteroatoms. The normalized spacial score (nSPS) is 13.1. The summed E-state index contributed by atoms with van der Waals surface area (Å²) in [6.07, 6.45) is 7.06. The van der Waals surface area contributed by atoms with Crippen LogP contribution in [0.1, 0.15) is 5.56 Å². The molecular formula is C14H6N2O2. The Morgan fingerprint density at radius 1 is 1.00 bits per heavy atom. The summed E-state index contributed by atoms with van der Waals surface area (Å²) in [7, 11) is 0. The molecule has 0 radical (unpaired) electrons. The lowest BCUT2D eigenvalue weighted by atomic mass is 10.1. The van der Waals surface area contributed by atoms with Gasteiger partial charge in [-0.1, -0.05) is 18.2 Å². The molecule has 0 atom stereocenters. The SMILES string of the molecule is O=c1ccc(=O)c2cnnc3c2-c1c1c3=CC=C1. The first kappa shape index (κ1) is 9.41. The van der Waals surface area contributed by atoms with Crippen molar-refractivity contribution in [1.82, 2.24) is 10.2 Å². The van der Waals surface area contributed by atoms with Crippen molar-refractivity contribution in [3.8, 4) is 11.1 Å². The van der Waals surface area contributed by atoms with E-state index in [1.807, 2.05) is 18.2 Å². The van der Waals surface area contributed by atoms with Gasteiger partial charge in [0.05, 0.1) is 11.6 Å². The molecule has 0 saturated heterocycles. The Balaban J connectivity index is 2.49. The third-order valence-corrected chi connectivity index (χ3v) is 3.34. The first-order valence-corrected chi connectivity index (χ1v) is 5.53. The lowest BCUT2D eigenvalue weighted by Gasteiger charge is -1.97. The van der Waals surface area contributed by atoms with Crippen LogP contribution in [-0.4, -0.2) is 10.2 Å². The van der Waals surface area contributed by atoms with Gasteiger partial charge in [0.1, 0.15) is 5.52 Å². The molecular weight excluding hydrogens is 228 g/mol. The van der Waals surface area contributed by atoms with E-state index in [9.17, 15) is 9.59 Å². The third kappa shape index (κ3) is 0.953. The summed E-state index contributed by atoms with van der Waals surface area (Å²) < 4.78 is 0. The van der Waals surface area contributed by atoms with Gasteiger partial charge in [-0.25, -0.2) is 0 Å². The van der Waals surface area contributed by atoms with Gasteiger partial charge < -0.3 is 0 Å². The Labute approximate surface area is 101 Å². The second-order valence-corrected chi connectivity index (χ2v) is 4.27. The van der Waals surface area contributed by atoms with Gasteiger partial charge in [-0.05, 0) is 17.7 Å². The molecule has 0 amide bonds. The molecule has 1 aromatic heterocycles. The molecule has 4 rings (SSSR count). The van der Waals surface area contributed by atoms with E-state index >= 15 is 0 Å². The van der Waals surface area contributed by atoms with Crippen molar-refractivity contribution in [2.24, 2.45) is 0 Å². The fourth-order valence-electron chi connectivity index (χ4n) is 2.57. The summed E-state index contributed by atoms with van der Waals surface area (Å²) in [5.74, 6) is 0. The average Bonchev–Trinajstić information content (AvgIpc) is 2.91. The fraction of sp³-hybridized carbons (Fsp3) is 0. The summed E-state index contributed by atoms with van der Waals surface area (Å²) in [4.78, 5) is 24.1. The van der Waals surface area contributed by atoms with Crippen LogP contribution in [0.5, 0.6) is 0 Å². The van der Waals surface area contributed by atoms with Gasteiger partial charge in [0.2, 0.25) is 0 Å². The summed E-state index contributed by atoms with van der Waals surface area (Å²) >= 11 is 0. The van der Waals surface area contributed by atoms with Gasteiger partial charge in [0.25, 0.3) is 0 Å².